The molecule has 1 N–H and O–H groups in total. The number of benzene rings is 1. The molecule has 0 fully saturated rings. The summed E-state index contributed by atoms with van der Waals surface area (Å²) >= 11 is 0. The van der Waals surface area contributed by atoms with Crippen molar-refractivity contribution >= 4 is 17.4 Å². The summed E-state index contributed by atoms with van der Waals surface area (Å²) in [6.07, 6.45) is 0. The van der Waals surface area contributed by atoms with Crippen LogP contribution in [0.5, 0.6) is 5.88 Å². The Hall–Kier alpha value is -3.03. The van der Waals surface area contributed by atoms with E-state index in [1.165, 1.54) is 13.0 Å². The smallest absolute Gasteiger partial charge is 0.285 e. The number of ether oxygens (including phenoxy) is 1. The lowest BCUT2D eigenvalue weighted by Crippen LogP contribution is -2.16. The fourth-order valence-corrected chi connectivity index (χ4v) is 2.05. The number of carbonyl (C=O) groups excluding carboxylic acids is 1. The molecule has 0 aliphatic rings. The highest BCUT2D eigenvalue weighted by Gasteiger charge is 2.24. The van der Waals surface area contributed by atoms with Crippen LogP contribution in [0.1, 0.15) is 22.8 Å². The Labute approximate surface area is 131 Å². The molecule has 23 heavy (non-hydrogen) atoms. The molecule has 0 aliphatic heterocycles. The molecule has 7 nitrogen and oxygen atoms in total. The molecule has 2 rings (SSSR count). The standard InChI is InChI=1S/C15H14FN3O4/c1-3-23-13-6-4-5-12(17-13)18-15(20)11-8-10(16)7-9(2)14(11)19(21)22/h4-8H,3H2,1-2H3,(H,17,18,20). The van der Waals surface area contributed by atoms with Gasteiger partial charge in [0.25, 0.3) is 11.6 Å². The van der Waals surface area contributed by atoms with E-state index in [1.54, 1.807) is 19.1 Å². The lowest BCUT2D eigenvalue weighted by atomic mass is 10.1. The lowest BCUT2D eigenvalue weighted by Gasteiger charge is -2.08. The van der Waals surface area contributed by atoms with Crippen LogP contribution in [0.15, 0.2) is 30.3 Å². The molecule has 1 aromatic carbocycles. The van der Waals surface area contributed by atoms with Crippen LogP contribution in [0.2, 0.25) is 0 Å². The number of hydrogen-bond acceptors (Lipinski definition) is 5. The Morgan fingerprint density at radius 2 is 2.17 bits per heavy atom. The highest BCUT2D eigenvalue weighted by atomic mass is 19.1. The average molecular weight is 319 g/mol. The first-order valence-corrected chi connectivity index (χ1v) is 6.78. The molecule has 1 aromatic heterocycles. The van der Waals surface area contributed by atoms with Gasteiger partial charge in [0.05, 0.1) is 11.5 Å². The maximum atomic E-state index is 13.5. The van der Waals surface area contributed by atoms with E-state index in [4.69, 9.17) is 4.74 Å². The molecule has 8 heteroatoms. The van der Waals surface area contributed by atoms with Crippen LogP contribution in [-0.4, -0.2) is 22.4 Å². The number of carbonyl (C=O) groups is 1. The van der Waals surface area contributed by atoms with Crippen LogP contribution >= 0.6 is 0 Å². The van der Waals surface area contributed by atoms with Crippen molar-refractivity contribution < 1.29 is 18.8 Å². The van der Waals surface area contributed by atoms with Gasteiger partial charge in [-0.15, -0.1) is 0 Å². The largest absolute Gasteiger partial charge is 0.478 e. The minimum Gasteiger partial charge on any atom is -0.478 e. The Morgan fingerprint density at radius 1 is 1.43 bits per heavy atom. The number of hydrogen-bond donors (Lipinski definition) is 1. The molecule has 0 aliphatic carbocycles. The SMILES string of the molecule is CCOc1cccc(NC(=O)c2cc(F)cc(C)c2[N+](=O)[O-])n1. The second kappa shape index (κ2) is 6.82. The minimum atomic E-state index is -0.819. The van der Waals surface area contributed by atoms with Gasteiger partial charge in [0, 0.05) is 11.6 Å². The van der Waals surface area contributed by atoms with Gasteiger partial charge in [0.2, 0.25) is 5.88 Å². The highest BCUT2D eigenvalue weighted by molar-refractivity contribution is 6.07. The summed E-state index contributed by atoms with van der Waals surface area (Å²) in [5, 5.41) is 13.5. The van der Waals surface area contributed by atoms with Gasteiger partial charge in [-0.1, -0.05) is 6.07 Å². The molecule has 0 radical (unpaired) electrons. The third kappa shape index (κ3) is 3.79. The summed E-state index contributed by atoms with van der Waals surface area (Å²) < 4.78 is 18.7. The maximum absolute atomic E-state index is 13.5. The van der Waals surface area contributed by atoms with Crippen molar-refractivity contribution in [3.05, 3.63) is 57.4 Å². The summed E-state index contributed by atoms with van der Waals surface area (Å²) in [5.74, 6) is -1.10. The van der Waals surface area contributed by atoms with E-state index in [1.807, 2.05) is 0 Å². The number of anilines is 1. The quantitative estimate of drug-likeness (QED) is 0.675. The van der Waals surface area contributed by atoms with E-state index in [-0.39, 0.29) is 16.9 Å². The molecule has 1 heterocycles. The van der Waals surface area contributed by atoms with E-state index in [0.29, 0.717) is 12.5 Å². The zero-order valence-electron chi connectivity index (χ0n) is 12.5. The molecule has 0 saturated heterocycles. The molecular formula is C15H14FN3O4. The molecule has 0 atom stereocenters. The summed E-state index contributed by atoms with van der Waals surface area (Å²) in [6, 6.07) is 6.54. The number of halogens is 1. The third-order valence-electron chi connectivity index (χ3n) is 2.95. The fourth-order valence-electron chi connectivity index (χ4n) is 2.05. The maximum Gasteiger partial charge on any atom is 0.285 e. The van der Waals surface area contributed by atoms with E-state index in [0.717, 1.165) is 12.1 Å². The monoisotopic (exact) mass is 319 g/mol. The lowest BCUT2D eigenvalue weighted by molar-refractivity contribution is -0.385. The van der Waals surface area contributed by atoms with Crippen LogP contribution in [-0.2, 0) is 0 Å². The van der Waals surface area contributed by atoms with Gasteiger partial charge in [0.1, 0.15) is 17.2 Å². The highest BCUT2D eigenvalue weighted by Crippen LogP contribution is 2.25. The molecular weight excluding hydrogens is 305 g/mol. The van der Waals surface area contributed by atoms with Crippen LogP contribution in [0, 0.1) is 22.9 Å². The van der Waals surface area contributed by atoms with Gasteiger partial charge in [-0.05, 0) is 32.0 Å². The number of nitrogens with one attached hydrogen (secondary N) is 1. The van der Waals surface area contributed by atoms with Gasteiger partial charge in [-0.3, -0.25) is 14.9 Å². The zero-order chi connectivity index (χ0) is 17.0. The first-order valence-electron chi connectivity index (χ1n) is 6.78. The van der Waals surface area contributed by atoms with Crippen molar-refractivity contribution in [3.63, 3.8) is 0 Å². The first-order chi connectivity index (χ1) is 10.9. The Kier molecular flexibility index (Phi) is 4.85. The molecule has 1 amide bonds. The molecule has 0 unspecified atom stereocenters. The van der Waals surface area contributed by atoms with E-state index < -0.39 is 22.3 Å². The van der Waals surface area contributed by atoms with Crippen molar-refractivity contribution in [2.24, 2.45) is 0 Å². The summed E-state index contributed by atoms with van der Waals surface area (Å²) in [7, 11) is 0. The van der Waals surface area contributed by atoms with Crippen molar-refractivity contribution in [1.82, 2.24) is 4.98 Å². The number of nitro benzene ring substituents is 1. The molecule has 120 valence electrons. The summed E-state index contributed by atoms with van der Waals surface area (Å²) in [4.78, 5) is 26.7. The van der Waals surface area contributed by atoms with Crippen molar-refractivity contribution in [2.75, 3.05) is 11.9 Å². The number of aryl methyl sites for hydroxylation is 1. The molecule has 0 bridgehead atoms. The fraction of sp³-hybridized carbons (Fsp3) is 0.200. The number of aromatic nitrogens is 1. The van der Waals surface area contributed by atoms with Crippen molar-refractivity contribution in [2.45, 2.75) is 13.8 Å². The number of rotatable bonds is 5. The van der Waals surface area contributed by atoms with Gasteiger partial charge < -0.3 is 10.1 Å². The van der Waals surface area contributed by atoms with Crippen molar-refractivity contribution in [3.8, 4) is 5.88 Å². The zero-order valence-corrected chi connectivity index (χ0v) is 12.5. The third-order valence-corrected chi connectivity index (χ3v) is 2.95. The second-order valence-electron chi connectivity index (χ2n) is 4.62. The van der Waals surface area contributed by atoms with Crippen LogP contribution < -0.4 is 10.1 Å². The van der Waals surface area contributed by atoms with Crippen LogP contribution in [0.25, 0.3) is 0 Å². The Morgan fingerprint density at radius 3 is 2.83 bits per heavy atom. The average Bonchev–Trinajstić information content (AvgIpc) is 2.46. The Balaban J connectivity index is 2.34. The molecule has 0 saturated carbocycles. The van der Waals surface area contributed by atoms with Gasteiger partial charge in [0.15, 0.2) is 0 Å². The van der Waals surface area contributed by atoms with Crippen LogP contribution in [0.4, 0.5) is 15.9 Å². The second-order valence-corrected chi connectivity index (χ2v) is 4.62. The number of pyridine rings is 1. The normalized spacial score (nSPS) is 10.2. The topological polar surface area (TPSA) is 94.4 Å². The van der Waals surface area contributed by atoms with Gasteiger partial charge >= 0.3 is 0 Å². The van der Waals surface area contributed by atoms with Crippen LogP contribution in [0.3, 0.4) is 0 Å². The Bertz CT molecular complexity index is 764. The van der Waals surface area contributed by atoms with Crippen molar-refractivity contribution in [1.29, 1.82) is 0 Å². The molecule has 0 spiro atoms. The van der Waals surface area contributed by atoms with Gasteiger partial charge in [-0.25, -0.2) is 4.39 Å². The number of amides is 1. The van der Waals surface area contributed by atoms with Gasteiger partial charge in [-0.2, -0.15) is 4.98 Å². The predicted molar refractivity (Wildman–Crippen MR) is 81.2 cm³/mol. The van der Waals surface area contributed by atoms with E-state index >= 15 is 0 Å². The number of nitrogens with zero attached hydrogens (tertiary/aromatic N) is 2. The predicted octanol–water partition coefficient (Wildman–Crippen LogP) is 3.09. The number of nitro groups is 1. The van der Waals surface area contributed by atoms with E-state index in [9.17, 15) is 19.3 Å². The summed E-state index contributed by atoms with van der Waals surface area (Å²) in [5.41, 5.74) is -0.739. The summed E-state index contributed by atoms with van der Waals surface area (Å²) in [6.45, 7) is 3.55. The first kappa shape index (κ1) is 16.3. The van der Waals surface area contributed by atoms with E-state index in [2.05, 4.69) is 10.3 Å². The minimum absolute atomic E-state index is 0.0659. The molecule has 2 aromatic rings.